The van der Waals surface area contributed by atoms with Gasteiger partial charge in [-0.2, -0.15) is 0 Å². The van der Waals surface area contributed by atoms with Gasteiger partial charge < -0.3 is 10.1 Å². The molecule has 0 aromatic carbocycles. The van der Waals surface area contributed by atoms with Crippen molar-refractivity contribution in [2.75, 3.05) is 13.7 Å². The summed E-state index contributed by atoms with van der Waals surface area (Å²) in [6.45, 7) is 3.00. The molecule has 58 valence electrons. The molecule has 1 aliphatic heterocycles. The maximum Gasteiger partial charge on any atom is 0.109 e. The normalized spacial score (nSPS) is 21.2. The Hall–Kier alpha value is -0.500. The first-order chi connectivity index (χ1) is 4.84. The van der Waals surface area contributed by atoms with Gasteiger partial charge in [0.05, 0.1) is 12.6 Å². The van der Waals surface area contributed by atoms with Gasteiger partial charge in [0.15, 0.2) is 0 Å². The Labute approximate surface area is 62.3 Å². The molecule has 0 fully saturated rings. The highest BCUT2D eigenvalue weighted by Gasteiger charge is 2.09. The molecule has 0 spiro atoms. The average molecular weight is 141 g/mol. The fourth-order valence-corrected chi connectivity index (χ4v) is 1.02. The highest BCUT2D eigenvalue weighted by Crippen LogP contribution is 2.12. The molecule has 1 heterocycles. The van der Waals surface area contributed by atoms with Crippen LogP contribution in [0.1, 0.15) is 19.8 Å². The lowest BCUT2D eigenvalue weighted by atomic mass is 10.2. The highest BCUT2D eigenvalue weighted by molar-refractivity contribution is 5.03. The Kier molecular flexibility index (Phi) is 2.75. The van der Waals surface area contributed by atoms with Crippen molar-refractivity contribution in [1.29, 1.82) is 0 Å². The van der Waals surface area contributed by atoms with Crippen molar-refractivity contribution in [2.45, 2.75) is 25.8 Å². The van der Waals surface area contributed by atoms with Gasteiger partial charge in [-0.25, -0.2) is 0 Å². The molecule has 0 aromatic rings. The first-order valence-corrected chi connectivity index (χ1v) is 3.84. The minimum atomic E-state index is 0.375. The van der Waals surface area contributed by atoms with Crippen molar-refractivity contribution in [1.82, 2.24) is 5.32 Å². The van der Waals surface area contributed by atoms with Crippen LogP contribution in [-0.4, -0.2) is 19.7 Å². The number of ether oxygens (including phenoxy) is 1. The lowest BCUT2D eigenvalue weighted by Gasteiger charge is -2.19. The van der Waals surface area contributed by atoms with Gasteiger partial charge in [-0.3, -0.25) is 0 Å². The zero-order valence-electron chi connectivity index (χ0n) is 6.68. The van der Waals surface area contributed by atoms with E-state index >= 15 is 0 Å². The van der Waals surface area contributed by atoms with Crippen LogP contribution in [-0.2, 0) is 4.74 Å². The van der Waals surface area contributed by atoms with Crippen molar-refractivity contribution in [3.63, 3.8) is 0 Å². The molecular formula is C8H15NO. The molecule has 0 aromatic heterocycles. The van der Waals surface area contributed by atoms with E-state index in [1.54, 1.807) is 0 Å². The Morgan fingerprint density at radius 3 is 3.00 bits per heavy atom. The quantitative estimate of drug-likeness (QED) is 0.625. The van der Waals surface area contributed by atoms with Gasteiger partial charge in [0.25, 0.3) is 0 Å². The van der Waals surface area contributed by atoms with Crippen LogP contribution in [0.15, 0.2) is 11.8 Å². The largest absolute Gasteiger partial charge is 0.497 e. The van der Waals surface area contributed by atoms with E-state index in [2.05, 4.69) is 18.3 Å². The maximum atomic E-state index is 5.43. The van der Waals surface area contributed by atoms with Crippen molar-refractivity contribution in [3.05, 3.63) is 11.8 Å². The van der Waals surface area contributed by atoms with E-state index in [9.17, 15) is 0 Å². The number of hydrogen-bond donors (Lipinski definition) is 1. The molecule has 2 nitrogen and oxygen atoms in total. The van der Waals surface area contributed by atoms with Crippen molar-refractivity contribution < 1.29 is 4.74 Å². The van der Waals surface area contributed by atoms with E-state index in [-0.39, 0.29) is 0 Å². The first-order valence-electron chi connectivity index (χ1n) is 3.84. The second kappa shape index (κ2) is 3.62. The predicted molar refractivity (Wildman–Crippen MR) is 41.8 cm³/mol. The van der Waals surface area contributed by atoms with Gasteiger partial charge in [0.1, 0.15) is 5.76 Å². The van der Waals surface area contributed by atoms with E-state index < -0.39 is 0 Å². The summed E-state index contributed by atoms with van der Waals surface area (Å²) in [4.78, 5) is 0. The Morgan fingerprint density at radius 2 is 2.50 bits per heavy atom. The first kappa shape index (κ1) is 7.61. The third-order valence-corrected chi connectivity index (χ3v) is 1.82. The van der Waals surface area contributed by atoms with Crippen LogP contribution in [0, 0.1) is 0 Å². The summed E-state index contributed by atoms with van der Waals surface area (Å²) in [5.41, 5.74) is 0. The Bertz CT molecular complexity index is 131. The summed E-state index contributed by atoms with van der Waals surface area (Å²) >= 11 is 0. The zero-order chi connectivity index (χ0) is 7.40. The second-order valence-electron chi connectivity index (χ2n) is 2.61. The summed E-state index contributed by atoms with van der Waals surface area (Å²) in [5, 5.41) is 3.14. The van der Waals surface area contributed by atoms with Gasteiger partial charge in [0.2, 0.25) is 0 Å². The van der Waals surface area contributed by atoms with Gasteiger partial charge in [-0.1, -0.05) is 0 Å². The zero-order valence-corrected chi connectivity index (χ0v) is 6.68. The molecule has 0 radical (unpaired) electrons. The van der Waals surface area contributed by atoms with Crippen LogP contribution in [0.2, 0.25) is 0 Å². The van der Waals surface area contributed by atoms with Crippen LogP contribution >= 0.6 is 0 Å². The topological polar surface area (TPSA) is 21.3 Å². The minimum absolute atomic E-state index is 0.375. The number of likely N-dealkylation sites (N-methyl/N-ethyl adjacent to an activating group) is 1. The molecular weight excluding hydrogens is 126 g/mol. The molecule has 1 atom stereocenters. The Balaban J connectivity index is 2.44. The lowest BCUT2D eigenvalue weighted by Crippen LogP contribution is -2.26. The lowest BCUT2D eigenvalue weighted by molar-refractivity contribution is 0.172. The molecule has 0 aliphatic carbocycles. The molecule has 1 N–H and O–H groups in total. The van der Waals surface area contributed by atoms with Gasteiger partial charge >= 0.3 is 0 Å². The summed E-state index contributed by atoms with van der Waals surface area (Å²) in [5.74, 6) is 1.11. The van der Waals surface area contributed by atoms with Crippen molar-refractivity contribution in [3.8, 4) is 0 Å². The molecule has 0 saturated heterocycles. The van der Waals surface area contributed by atoms with Crippen molar-refractivity contribution >= 4 is 0 Å². The predicted octanol–water partition coefficient (Wildman–Crippen LogP) is 1.29. The van der Waals surface area contributed by atoms with Crippen LogP contribution in [0.5, 0.6) is 0 Å². The molecule has 10 heavy (non-hydrogen) atoms. The molecule has 0 saturated carbocycles. The van der Waals surface area contributed by atoms with Crippen molar-refractivity contribution in [2.24, 2.45) is 0 Å². The molecule has 2 heteroatoms. The fraction of sp³-hybridized carbons (Fsp3) is 0.750. The summed E-state index contributed by atoms with van der Waals surface area (Å²) in [6.07, 6.45) is 4.51. The van der Waals surface area contributed by atoms with E-state index in [0.717, 1.165) is 12.4 Å². The monoisotopic (exact) mass is 141 g/mol. The molecule has 0 amide bonds. The highest BCUT2D eigenvalue weighted by atomic mass is 16.5. The summed E-state index contributed by atoms with van der Waals surface area (Å²) in [6, 6.07) is 0.375. The number of hydrogen-bond acceptors (Lipinski definition) is 2. The third-order valence-electron chi connectivity index (χ3n) is 1.82. The van der Waals surface area contributed by atoms with Crippen LogP contribution < -0.4 is 5.32 Å². The molecule has 1 aliphatic rings. The fourth-order valence-electron chi connectivity index (χ4n) is 1.02. The van der Waals surface area contributed by atoms with Crippen LogP contribution in [0.4, 0.5) is 0 Å². The SMILES string of the molecule is CNC(C)C1=CCCCO1. The number of rotatable bonds is 2. The summed E-state index contributed by atoms with van der Waals surface area (Å²) in [7, 11) is 1.95. The van der Waals surface area contributed by atoms with Gasteiger partial charge in [-0.05, 0) is 32.9 Å². The van der Waals surface area contributed by atoms with E-state index in [0.29, 0.717) is 6.04 Å². The van der Waals surface area contributed by atoms with Gasteiger partial charge in [0, 0.05) is 0 Å². The van der Waals surface area contributed by atoms with E-state index in [1.807, 2.05) is 7.05 Å². The molecule has 1 unspecified atom stereocenters. The smallest absolute Gasteiger partial charge is 0.109 e. The third kappa shape index (κ3) is 1.74. The van der Waals surface area contributed by atoms with E-state index in [4.69, 9.17) is 4.74 Å². The minimum Gasteiger partial charge on any atom is -0.497 e. The summed E-state index contributed by atoms with van der Waals surface area (Å²) < 4.78 is 5.43. The second-order valence-corrected chi connectivity index (χ2v) is 2.61. The number of nitrogens with one attached hydrogen (secondary N) is 1. The standard InChI is InChI=1S/C8H15NO/c1-7(9-2)8-5-3-4-6-10-8/h5,7,9H,3-4,6H2,1-2H3. The molecule has 0 bridgehead atoms. The molecule has 1 rings (SSSR count). The van der Waals surface area contributed by atoms with Gasteiger partial charge in [-0.15, -0.1) is 0 Å². The van der Waals surface area contributed by atoms with E-state index in [1.165, 1.54) is 12.8 Å². The van der Waals surface area contributed by atoms with Crippen LogP contribution in [0.25, 0.3) is 0 Å². The average Bonchev–Trinajstić information content (AvgIpc) is 2.05. The Morgan fingerprint density at radius 1 is 1.70 bits per heavy atom. The maximum absolute atomic E-state index is 5.43. The van der Waals surface area contributed by atoms with Crippen LogP contribution in [0.3, 0.4) is 0 Å². The number of allylic oxidation sites excluding steroid dienone is 1.